The van der Waals surface area contributed by atoms with E-state index in [-0.39, 0.29) is 5.91 Å². The highest BCUT2D eigenvalue weighted by atomic mass is 16.5. The first-order valence-electron chi connectivity index (χ1n) is 8.87. The highest BCUT2D eigenvalue weighted by molar-refractivity contribution is 5.93. The third kappa shape index (κ3) is 3.95. The SMILES string of the molecule is CN=C(NCc1ccc(C(=O)N(C)C)cc1)N1CCC2(CCOC2)C1. The topological polar surface area (TPSA) is 57.2 Å². The zero-order valence-corrected chi connectivity index (χ0v) is 15.4. The molecule has 0 radical (unpaired) electrons. The van der Waals surface area contributed by atoms with Crippen molar-refractivity contribution in [2.75, 3.05) is 47.4 Å². The van der Waals surface area contributed by atoms with Gasteiger partial charge in [-0.05, 0) is 30.5 Å². The quantitative estimate of drug-likeness (QED) is 0.668. The molecule has 0 bridgehead atoms. The number of likely N-dealkylation sites (tertiary alicyclic amines) is 1. The van der Waals surface area contributed by atoms with Crippen molar-refractivity contribution >= 4 is 11.9 Å². The molecule has 3 rings (SSSR count). The lowest BCUT2D eigenvalue weighted by molar-refractivity contribution is 0.0827. The maximum Gasteiger partial charge on any atom is 0.253 e. The second-order valence-electron chi connectivity index (χ2n) is 7.27. The molecule has 136 valence electrons. The fraction of sp³-hybridized carbons (Fsp3) is 0.579. The van der Waals surface area contributed by atoms with Gasteiger partial charge in [-0.1, -0.05) is 12.1 Å². The monoisotopic (exact) mass is 344 g/mol. The van der Waals surface area contributed by atoms with E-state index in [2.05, 4.69) is 15.2 Å². The number of hydrogen-bond acceptors (Lipinski definition) is 3. The first-order valence-corrected chi connectivity index (χ1v) is 8.87. The van der Waals surface area contributed by atoms with Gasteiger partial charge < -0.3 is 19.9 Å². The maximum absolute atomic E-state index is 11.9. The molecule has 1 N–H and O–H groups in total. The van der Waals surface area contributed by atoms with E-state index in [0.717, 1.165) is 44.2 Å². The molecule has 6 heteroatoms. The molecule has 0 aliphatic carbocycles. The lowest BCUT2D eigenvalue weighted by Gasteiger charge is -2.25. The number of nitrogens with one attached hydrogen (secondary N) is 1. The zero-order valence-electron chi connectivity index (χ0n) is 15.4. The number of hydrogen-bond donors (Lipinski definition) is 1. The number of amides is 1. The lowest BCUT2D eigenvalue weighted by Crippen LogP contribution is -2.41. The van der Waals surface area contributed by atoms with Crippen LogP contribution in [0.1, 0.15) is 28.8 Å². The first kappa shape index (κ1) is 17.7. The molecule has 25 heavy (non-hydrogen) atoms. The van der Waals surface area contributed by atoms with E-state index in [0.29, 0.717) is 17.5 Å². The lowest BCUT2D eigenvalue weighted by atomic mass is 9.87. The standard InChI is InChI=1S/C19H28N4O2/c1-20-18(23-10-8-19(13-23)9-11-25-14-19)21-12-15-4-6-16(7-5-15)17(24)22(2)3/h4-7H,8-14H2,1-3H3,(H,20,21). The van der Waals surface area contributed by atoms with E-state index >= 15 is 0 Å². The van der Waals surface area contributed by atoms with E-state index in [9.17, 15) is 4.79 Å². The molecular formula is C19H28N4O2. The number of aliphatic imine (C=N–C) groups is 1. The molecule has 1 amide bonds. The summed E-state index contributed by atoms with van der Waals surface area (Å²) in [5.74, 6) is 0.966. The molecule has 1 aromatic rings. The van der Waals surface area contributed by atoms with Crippen molar-refractivity contribution in [2.24, 2.45) is 10.4 Å². The van der Waals surface area contributed by atoms with Gasteiger partial charge in [-0.3, -0.25) is 9.79 Å². The summed E-state index contributed by atoms with van der Waals surface area (Å²) in [6.07, 6.45) is 2.33. The Labute approximate surface area is 149 Å². The summed E-state index contributed by atoms with van der Waals surface area (Å²) in [5.41, 5.74) is 2.17. The molecular weight excluding hydrogens is 316 g/mol. The molecule has 2 aliphatic heterocycles. The summed E-state index contributed by atoms with van der Waals surface area (Å²) < 4.78 is 5.60. The normalized spacial score (nSPS) is 23.3. The zero-order chi connectivity index (χ0) is 17.9. The molecule has 1 atom stereocenters. The minimum atomic E-state index is 0.0245. The van der Waals surface area contributed by atoms with E-state index in [4.69, 9.17) is 4.74 Å². The average molecular weight is 344 g/mol. The number of ether oxygens (including phenoxy) is 1. The molecule has 2 saturated heterocycles. The smallest absolute Gasteiger partial charge is 0.253 e. The van der Waals surface area contributed by atoms with Crippen molar-refractivity contribution in [3.05, 3.63) is 35.4 Å². The highest BCUT2D eigenvalue weighted by Crippen LogP contribution is 2.38. The van der Waals surface area contributed by atoms with Crippen LogP contribution in [0, 0.1) is 5.41 Å². The van der Waals surface area contributed by atoms with Gasteiger partial charge in [0.2, 0.25) is 0 Å². The molecule has 1 unspecified atom stereocenters. The molecule has 2 fully saturated rings. The summed E-state index contributed by atoms with van der Waals surface area (Å²) in [6, 6.07) is 7.74. The van der Waals surface area contributed by atoms with Crippen LogP contribution in [0.25, 0.3) is 0 Å². The Morgan fingerprint density at radius 3 is 2.68 bits per heavy atom. The van der Waals surface area contributed by atoms with Gasteiger partial charge in [-0.25, -0.2) is 0 Å². The van der Waals surface area contributed by atoms with E-state index < -0.39 is 0 Å². The Morgan fingerprint density at radius 2 is 2.08 bits per heavy atom. The Kier molecular flexibility index (Phi) is 5.27. The highest BCUT2D eigenvalue weighted by Gasteiger charge is 2.42. The number of carbonyl (C=O) groups excluding carboxylic acids is 1. The summed E-state index contributed by atoms with van der Waals surface area (Å²) in [6.45, 7) is 4.51. The van der Waals surface area contributed by atoms with Gasteiger partial charge in [-0.15, -0.1) is 0 Å². The number of guanidine groups is 1. The molecule has 0 aromatic heterocycles. The average Bonchev–Trinajstić information content (AvgIpc) is 3.25. The van der Waals surface area contributed by atoms with Crippen molar-refractivity contribution in [2.45, 2.75) is 19.4 Å². The van der Waals surface area contributed by atoms with Crippen LogP contribution in [-0.4, -0.2) is 69.1 Å². The summed E-state index contributed by atoms with van der Waals surface area (Å²) >= 11 is 0. The number of benzene rings is 1. The van der Waals surface area contributed by atoms with Gasteiger partial charge >= 0.3 is 0 Å². The first-order chi connectivity index (χ1) is 12.0. The van der Waals surface area contributed by atoms with Gasteiger partial charge in [-0.2, -0.15) is 0 Å². The molecule has 1 aromatic carbocycles. The van der Waals surface area contributed by atoms with Crippen LogP contribution in [0.4, 0.5) is 0 Å². The number of nitrogens with zero attached hydrogens (tertiary/aromatic N) is 3. The molecule has 2 aliphatic rings. The summed E-state index contributed by atoms with van der Waals surface area (Å²) in [4.78, 5) is 20.3. The molecule has 6 nitrogen and oxygen atoms in total. The minimum absolute atomic E-state index is 0.0245. The number of carbonyl (C=O) groups is 1. The number of rotatable bonds is 3. The van der Waals surface area contributed by atoms with Crippen LogP contribution < -0.4 is 5.32 Å². The second-order valence-corrected chi connectivity index (χ2v) is 7.27. The Balaban J connectivity index is 1.56. The van der Waals surface area contributed by atoms with Crippen LogP contribution in [0.2, 0.25) is 0 Å². The second kappa shape index (κ2) is 7.44. The van der Waals surface area contributed by atoms with Crippen LogP contribution >= 0.6 is 0 Å². The summed E-state index contributed by atoms with van der Waals surface area (Å²) in [7, 11) is 5.36. The largest absolute Gasteiger partial charge is 0.381 e. The van der Waals surface area contributed by atoms with Gasteiger partial charge in [0.1, 0.15) is 0 Å². The maximum atomic E-state index is 11.9. The Hall–Kier alpha value is -2.08. The third-order valence-electron chi connectivity index (χ3n) is 5.19. The van der Waals surface area contributed by atoms with Crippen LogP contribution in [-0.2, 0) is 11.3 Å². The summed E-state index contributed by atoms with van der Waals surface area (Å²) in [5, 5.41) is 3.45. The van der Waals surface area contributed by atoms with Crippen molar-refractivity contribution in [3.8, 4) is 0 Å². The van der Waals surface area contributed by atoms with Crippen molar-refractivity contribution < 1.29 is 9.53 Å². The predicted molar refractivity (Wildman–Crippen MR) is 98.7 cm³/mol. The Morgan fingerprint density at radius 1 is 1.32 bits per heavy atom. The Bertz CT molecular complexity index is 633. The fourth-order valence-corrected chi connectivity index (χ4v) is 3.62. The van der Waals surface area contributed by atoms with Crippen LogP contribution in [0.5, 0.6) is 0 Å². The van der Waals surface area contributed by atoms with Crippen molar-refractivity contribution in [1.82, 2.24) is 15.1 Å². The van der Waals surface area contributed by atoms with Crippen molar-refractivity contribution in [3.63, 3.8) is 0 Å². The predicted octanol–water partition coefficient (Wildman–Crippen LogP) is 1.58. The van der Waals surface area contributed by atoms with Gasteiger partial charge in [0.15, 0.2) is 5.96 Å². The fourth-order valence-electron chi connectivity index (χ4n) is 3.62. The molecule has 2 heterocycles. The van der Waals surface area contributed by atoms with E-state index in [1.54, 1.807) is 19.0 Å². The van der Waals surface area contributed by atoms with Gasteiger partial charge in [0.05, 0.1) is 6.61 Å². The molecule has 1 spiro atoms. The van der Waals surface area contributed by atoms with Crippen molar-refractivity contribution in [1.29, 1.82) is 0 Å². The van der Waals surface area contributed by atoms with Crippen LogP contribution in [0.3, 0.4) is 0 Å². The van der Waals surface area contributed by atoms with E-state index in [1.165, 1.54) is 6.42 Å². The third-order valence-corrected chi connectivity index (χ3v) is 5.19. The minimum Gasteiger partial charge on any atom is -0.381 e. The van der Waals surface area contributed by atoms with Gasteiger partial charge in [0, 0.05) is 58.4 Å². The van der Waals surface area contributed by atoms with Crippen LogP contribution in [0.15, 0.2) is 29.3 Å². The molecule has 0 saturated carbocycles. The van der Waals surface area contributed by atoms with Gasteiger partial charge in [0.25, 0.3) is 5.91 Å². The van der Waals surface area contributed by atoms with E-state index in [1.807, 2.05) is 31.3 Å².